The van der Waals surface area contributed by atoms with Crippen LogP contribution in [0.1, 0.15) is 0 Å². The Hall–Kier alpha value is -0.343. The Bertz CT molecular complexity index is 310. The second-order valence-corrected chi connectivity index (χ2v) is 3.01. The average Bonchev–Trinajstić information content (AvgIpc) is 1.88. The number of nitrogens with zero attached hydrogens (tertiary/aromatic N) is 1. The zero-order valence-electron chi connectivity index (χ0n) is 4.93. The monoisotopic (exact) mass is 167 g/mol. The van der Waals surface area contributed by atoms with Gasteiger partial charge in [0.1, 0.15) is 0 Å². The van der Waals surface area contributed by atoms with Crippen molar-refractivity contribution in [2.45, 2.75) is 5.03 Å². The predicted octanol–water partition coefficient (Wildman–Crippen LogP) is -0.320. The third-order valence-corrected chi connectivity index (χ3v) is 1.67. The standard InChI is InChI=1S/C5H5NO3S.Li.H/c7-10(8,9)5-3-1-2-4-6-5;;/h1-4H,(H,7,8,9);;. The van der Waals surface area contributed by atoms with Crippen molar-refractivity contribution in [3.63, 3.8) is 0 Å². The average molecular weight is 167 g/mol. The van der Waals surface area contributed by atoms with Crippen molar-refractivity contribution in [3.05, 3.63) is 24.4 Å². The molecule has 0 aliphatic heterocycles. The van der Waals surface area contributed by atoms with Crippen molar-refractivity contribution in [2.24, 2.45) is 0 Å². The molecular formula is C5H6LiNO3S. The van der Waals surface area contributed by atoms with Gasteiger partial charge in [0, 0.05) is 6.20 Å². The summed E-state index contributed by atoms with van der Waals surface area (Å²) < 4.78 is 29.1. The van der Waals surface area contributed by atoms with Gasteiger partial charge in [-0.15, -0.1) is 0 Å². The Morgan fingerprint density at radius 2 is 2.00 bits per heavy atom. The van der Waals surface area contributed by atoms with Gasteiger partial charge in [-0.1, -0.05) is 6.07 Å². The molecule has 0 atom stereocenters. The van der Waals surface area contributed by atoms with Crippen LogP contribution in [0.25, 0.3) is 0 Å². The number of aromatic nitrogens is 1. The molecule has 0 aromatic carbocycles. The van der Waals surface area contributed by atoms with Crippen LogP contribution in [0, 0.1) is 0 Å². The van der Waals surface area contributed by atoms with Crippen molar-refractivity contribution in [1.29, 1.82) is 0 Å². The molecule has 1 rings (SSSR count). The van der Waals surface area contributed by atoms with Crippen LogP contribution < -0.4 is 0 Å². The summed E-state index contributed by atoms with van der Waals surface area (Å²) in [5.41, 5.74) is 0. The summed E-state index contributed by atoms with van der Waals surface area (Å²) in [6.07, 6.45) is 1.29. The fourth-order valence-corrected chi connectivity index (χ4v) is 0.944. The van der Waals surface area contributed by atoms with Crippen LogP contribution in [0.5, 0.6) is 0 Å². The summed E-state index contributed by atoms with van der Waals surface area (Å²) in [4.78, 5) is 3.41. The molecule has 1 aromatic heterocycles. The van der Waals surface area contributed by atoms with Crippen molar-refractivity contribution < 1.29 is 13.0 Å². The van der Waals surface area contributed by atoms with Gasteiger partial charge in [0.15, 0.2) is 5.03 Å². The molecule has 1 N–H and O–H groups in total. The molecule has 0 amide bonds. The van der Waals surface area contributed by atoms with E-state index in [9.17, 15) is 8.42 Å². The Morgan fingerprint density at radius 3 is 2.27 bits per heavy atom. The maximum atomic E-state index is 10.3. The fraction of sp³-hybridized carbons (Fsp3) is 0. The van der Waals surface area contributed by atoms with E-state index in [1.165, 1.54) is 18.3 Å². The minimum atomic E-state index is -4.11. The van der Waals surface area contributed by atoms with Crippen molar-refractivity contribution in [3.8, 4) is 0 Å². The quantitative estimate of drug-likeness (QED) is 0.459. The van der Waals surface area contributed by atoms with E-state index in [1.54, 1.807) is 6.07 Å². The van der Waals surface area contributed by atoms with Crippen LogP contribution in [0.3, 0.4) is 0 Å². The molecular weight excluding hydrogens is 161 g/mol. The molecule has 0 fully saturated rings. The van der Waals surface area contributed by atoms with E-state index in [0.29, 0.717) is 0 Å². The summed E-state index contributed by atoms with van der Waals surface area (Å²) >= 11 is 0. The Morgan fingerprint density at radius 1 is 1.36 bits per heavy atom. The molecule has 0 aliphatic rings. The van der Waals surface area contributed by atoms with Gasteiger partial charge >= 0.3 is 29.0 Å². The molecule has 0 saturated carbocycles. The molecule has 4 nitrogen and oxygen atoms in total. The molecule has 6 heteroatoms. The van der Waals surface area contributed by atoms with Gasteiger partial charge in [-0.2, -0.15) is 8.42 Å². The second-order valence-electron chi connectivity index (χ2n) is 1.64. The van der Waals surface area contributed by atoms with Crippen LogP contribution in [-0.4, -0.2) is 36.8 Å². The van der Waals surface area contributed by atoms with E-state index in [1.807, 2.05) is 0 Å². The van der Waals surface area contributed by atoms with Gasteiger partial charge in [0.05, 0.1) is 0 Å². The third kappa shape index (κ3) is 3.04. The summed E-state index contributed by atoms with van der Waals surface area (Å²) in [7, 11) is -4.11. The van der Waals surface area contributed by atoms with Gasteiger partial charge in [-0.25, -0.2) is 4.98 Å². The zero-order chi connectivity index (χ0) is 7.61. The molecule has 0 saturated heterocycles. The van der Waals surface area contributed by atoms with E-state index in [2.05, 4.69) is 4.98 Å². The first kappa shape index (κ1) is 10.7. The first-order valence-corrected chi connectivity index (χ1v) is 3.93. The van der Waals surface area contributed by atoms with Gasteiger partial charge in [-0.05, 0) is 12.1 Å². The SMILES string of the molecule is O=S(=O)(O)c1ccccn1.[LiH]. The predicted molar refractivity (Wildman–Crippen MR) is 41.2 cm³/mol. The minimum absolute atomic E-state index is 0. The van der Waals surface area contributed by atoms with Crippen molar-refractivity contribution >= 4 is 29.0 Å². The van der Waals surface area contributed by atoms with E-state index >= 15 is 0 Å². The van der Waals surface area contributed by atoms with E-state index < -0.39 is 10.1 Å². The topological polar surface area (TPSA) is 67.3 Å². The van der Waals surface area contributed by atoms with Crippen LogP contribution in [0.4, 0.5) is 0 Å². The van der Waals surface area contributed by atoms with Crippen LogP contribution in [-0.2, 0) is 10.1 Å². The van der Waals surface area contributed by atoms with Gasteiger partial charge in [0.25, 0.3) is 0 Å². The number of pyridine rings is 1. The van der Waals surface area contributed by atoms with Crippen molar-refractivity contribution in [1.82, 2.24) is 4.98 Å². The summed E-state index contributed by atoms with van der Waals surface area (Å²) in [5.74, 6) is 0. The first-order chi connectivity index (χ1) is 4.61. The van der Waals surface area contributed by atoms with E-state index in [0.717, 1.165) is 0 Å². The van der Waals surface area contributed by atoms with Crippen molar-refractivity contribution in [2.75, 3.05) is 0 Å². The number of hydrogen-bond acceptors (Lipinski definition) is 3. The number of hydrogen-bond donors (Lipinski definition) is 1. The normalized spacial score (nSPS) is 10.3. The maximum absolute atomic E-state index is 10.3. The first-order valence-electron chi connectivity index (χ1n) is 2.49. The molecule has 0 bridgehead atoms. The van der Waals surface area contributed by atoms with Crippen LogP contribution >= 0.6 is 0 Å². The second kappa shape index (κ2) is 3.88. The zero-order valence-corrected chi connectivity index (χ0v) is 5.75. The van der Waals surface area contributed by atoms with E-state index in [-0.39, 0.29) is 23.9 Å². The Kier molecular flexibility index (Phi) is 3.76. The fourth-order valence-electron chi connectivity index (χ4n) is 0.500. The van der Waals surface area contributed by atoms with Gasteiger partial charge < -0.3 is 0 Å². The molecule has 1 aromatic rings. The summed E-state index contributed by atoms with van der Waals surface area (Å²) in [6, 6.07) is 4.26. The van der Waals surface area contributed by atoms with Gasteiger partial charge in [-0.3, -0.25) is 4.55 Å². The Balaban J connectivity index is 0.000001000. The molecule has 0 radical (unpaired) electrons. The third-order valence-electron chi connectivity index (χ3n) is 0.902. The Labute approximate surface area is 76.6 Å². The van der Waals surface area contributed by atoms with Gasteiger partial charge in [0.2, 0.25) is 0 Å². The molecule has 56 valence electrons. The molecule has 1 heterocycles. The summed E-state index contributed by atoms with van der Waals surface area (Å²) in [6.45, 7) is 0. The molecule has 0 unspecified atom stereocenters. The molecule has 0 spiro atoms. The van der Waals surface area contributed by atoms with E-state index in [4.69, 9.17) is 4.55 Å². The van der Waals surface area contributed by atoms with Crippen LogP contribution in [0.2, 0.25) is 0 Å². The number of rotatable bonds is 1. The van der Waals surface area contributed by atoms with Crippen LogP contribution in [0.15, 0.2) is 29.4 Å². The molecule has 0 aliphatic carbocycles. The summed E-state index contributed by atoms with van der Waals surface area (Å²) in [5, 5.41) is -0.324. The molecule has 11 heavy (non-hydrogen) atoms.